The number of aromatic nitrogens is 2. The summed E-state index contributed by atoms with van der Waals surface area (Å²) in [5.74, 6) is 1.74. The molecule has 1 fully saturated rings. The summed E-state index contributed by atoms with van der Waals surface area (Å²) in [4.78, 5) is 4.52. The van der Waals surface area contributed by atoms with Gasteiger partial charge in [-0.1, -0.05) is 30.3 Å². The van der Waals surface area contributed by atoms with E-state index in [1.54, 1.807) is 6.20 Å². The highest BCUT2D eigenvalue weighted by molar-refractivity contribution is 5.85. The highest BCUT2D eigenvalue weighted by Crippen LogP contribution is 2.27. The van der Waals surface area contributed by atoms with E-state index in [1.165, 1.54) is 5.56 Å². The van der Waals surface area contributed by atoms with Crippen molar-refractivity contribution in [2.75, 3.05) is 19.7 Å². The third-order valence-corrected chi connectivity index (χ3v) is 5.06. The highest BCUT2D eigenvalue weighted by Gasteiger charge is 2.26. The number of aliphatic hydroxyl groups is 1. The molecular weight excluding hydrogens is 409 g/mol. The van der Waals surface area contributed by atoms with Crippen LogP contribution in [0.1, 0.15) is 18.0 Å². The fourth-order valence-electron chi connectivity index (χ4n) is 3.59. The Morgan fingerprint density at radius 2 is 1.83 bits per heavy atom. The van der Waals surface area contributed by atoms with Crippen LogP contribution in [0.3, 0.4) is 0 Å². The normalized spacial score (nSPS) is 18.4. The van der Waals surface area contributed by atoms with Gasteiger partial charge in [0.15, 0.2) is 0 Å². The summed E-state index contributed by atoms with van der Waals surface area (Å²) in [6, 6.07) is 18.4. The van der Waals surface area contributed by atoms with Crippen LogP contribution in [0.25, 0.3) is 11.4 Å². The molecule has 0 saturated carbocycles. The van der Waals surface area contributed by atoms with Crippen molar-refractivity contribution >= 4 is 24.8 Å². The van der Waals surface area contributed by atoms with Crippen molar-refractivity contribution in [1.82, 2.24) is 14.9 Å². The Hall–Kier alpha value is -2.05. The predicted octanol–water partition coefficient (Wildman–Crippen LogP) is 3.91. The van der Waals surface area contributed by atoms with E-state index in [0.29, 0.717) is 13.2 Å². The van der Waals surface area contributed by atoms with Gasteiger partial charge in [0.25, 0.3) is 0 Å². The lowest BCUT2D eigenvalue weighted by Crippen LogP contribution is -2.41. The van der Waals surface area contributed by atoms with Crippen molar-refractivity contribution < 1.29 is 9.84 Å². The molecule has 0 bridgehead atoms. The number of aliphatic hydroxyl groups excluding tert-OH is 1. The Morgan fingerprint density at radius 3 is 2.55 bits per heavy atom. The lowest BCUT2D eigenvalue weighted by Gasteiger charge is -2.30. The van der Waals surface area contributed by atoms with E-state index in [2.05, 4.69) is 27.0 Å². The molecule has 0 unspecified atom stereocenters. The molecule has 0 spiro atoms. The van der Waals surface area contributed by atoms with Crippen LogP contribution in [0.5, 0.6) is 5.75 Å². The molecule has 1 aromatic heterocycles. The average molecular weight is 436 g/mol. The van der Waals surface area contributed by atoms with Crippen LogP contribution < -0.4 is 10.1 Å². The van der Waals surface area contributed by atoms with Crippen molar-refractivity contribution in [2.24, 2.45) is 0 Å². The summed E-state index contributed by atoms with van der Waals surface area (Å²) in [5.41, 5.74) is 2.30. The second kappa shape index (κ2) is 11.2. The summed E-state index contributed by atoms with van der Waals surface area (Å²) < 4.78 is 7.96. The molecule has 4 rings (SSSR count). The van der Waals surface area contributed by atoms with Crippen molar-refractivity contribution in [3.63, 3.8) is 0 Å². The lowest BCUT2D eigenvalue weighted by molar-refractivity contribution is 0.0880. The van der Waals surface area contributed by atoms with Crippen LogP contribution in [-0.4, -0.2) is 40.5 Å². The summed E-state index contributed by atoms with van der Waals surface area (Å²) in [6.45, 7) is 2.18. The first kappa shape index (κ1) is 23.2. The van der Waals surface area contributed by atoms with Crippen molar-refractivity contribution in [2.45, 2.75) is 25.0 Å². The topological polar surface area (TPSA) is 59.3 Å². The number of hydrogen-bond acceptors (Lipinski definition) is 4. The maximum absolute atomic E-state index is 10.3. The predicted molar refractivity (Wildman–Crippen MR) is 120 cm³/mol. The fourth-order valence-corrected chi connectivity index (χ4v) is 3.59. The highest BCUT2D eigenvalue weighted by atomic mass is 35.5. The van der Waals surface area contributed by atoms with E-state index in [1.807, 2.05) is 48.7 Å². The number of nitrogens with one attached hydrogen (secondary N) is 1. The smallest absolute Gasteiger partial charge is 0.140 e. The summed E-state index contributed by atoms with van der Waals surface area (Å²) in [7, 11) is 0. The van der Waals surface area contributed by atoms with Gasteiger partial charge in [-0.05, 0) is 42.8 Å². The molecule has 2 heterocycles. The van der Waals surface area contributed by atoms with Crippen LogP contribution >= 0.6 is 24.8 Å². The molecule has 7 heteroatoms. The molecule has 29 heavy (non-hydrogen) atoms. The van der Waals surface area contributed by atoms with E-state index in [4.69, 9.17) is 4.74 Å². The Morgan fingerprint density at radius 1 is 1.07 bits per heavy atom. The van der Waals surface area contributed by atoms with E-state index >= 15 is 0 Å². The SMILES string of the molecule is Cl.Cl.O[C@H]1CNCC[C@@H]1n1ccnc1-c1ccc(OCCc2ccccc2)cc1. The second-order valence-corrected chi connectivity index (χ2v) is 6.89. The summed E-state index contributed by atoms with van der Waals surface area (Å²) >= 11 is 0. The number of benzene rings is 2. The van der Waals surface area contributed by atoms with Crippen LogP contribution in [0, 0.1) is 0 Å². The Balaban J connectivity index is 0.00000150. The van der Waals surface area contributed by atoms with Gasteiger partial charge in [0.2, 0.25) is 0 Å². The Labute approximate surface area is 183 Å². The minimum Gasteiger partial charge on any atom is -0.493 e. The molecule has 5 nitrogen and oxygen atoms in total. The average Bonchev–Trinajstić information content (AvgIpc) is 3.19. The maximum Gasteiger partial charge on any atom is 0.140 e. The number of piperidine rings is 1. The monoisotopic (exact) mass is 435 g/mol. The van der Waals surface area contributed by atoms with Gasteiger partial charge >= 0.3 is 0 Å². The first-order chi connectivity index (χ1) is 13.3. The van der Waals surface area contributed by atoms with Crippen LogP contribution in [0.2, 0.25) is 0 Å². The van der Waals surface area contributed by atoms with Gasteiger partial charge in [0.1, 0.15) is 11.6 Å². The summed E-state index contributed by atoms with van der Waals surface area (Å²) in [6.07, 6.45) is 5.14. The van der Waals surface area contributed by atoms with Gasteiger partial charge in [0.05, 0.1) is 18.8 Å². The minimum atomic E-state index is -0.396. The zero-order valence-corrected chi connectivity index (χ0v) is 17.7. The molecule has 2 atom stereocenters. The Kier molecular flexibility index (Phi) is 8.99. The zero-order valence-electron chi connectivity index (χ0n) is 16.1. The third-order valence-electron chi connectivity index (χ3n) is 5.06. The van der Waals surface area contributed by atoms with Crippen molar-refractivity contribution in [3.05, 3.63) is 72.6 Å². The third kappa shape index (κ3) is 5.73. The molecule has 2 N–H and O–H groups in total. The number of β-amino-alcohol motifs (C(OH)–C–C–N with tert-alkyl or cyclic N) is 1. The van der Waals surface area contributed by atoms with Gasteiger partial charge in [-0.25, -0.2) is 4.98 Å². The number of rotatable bonds is 6. The largest absolute Gasteiger partial charge is 0.493 e. The van der Waals surface area contributed by atoms with E-state index in [0.717, 1.165) is 36.5 Å². The molecule has 3 aromatic rings. The van der Waals surface area contributed by atoms with E-state index in [-0.39, 0.29) is 30.9 Å². The van der Waals surface area contributed by atoms with Crippen molar-refractivity contribution in [3.8, 4) is 17.1 Å². The van der Waals surface area contributed by atoms with E-state index < -0.39 is 6.10 Å². The Bertz CT molecular complexity index is 856. The molecule has 1 aliphatic heterocycles. The molecule has 0 aliphatic carbocycles. The lowest BCUT2D eigenvalue weighted by atomic mass is 10.0. The summed E-state index contributed by atoms with van der Waals surface area (Å²) in [5, 5.41) is 13.5. The van der Waals surface area contributed by atoms with Crippen LogP contribution in [0.4, 0.5) is 0 Å². The second-order valence-electron chi connectivity index (χ2n) is 6.89. The number of nitrogens with zero attached hydrogens (tertiary/aromatic N) is 2. The van der Waals surface area contributed by atoms with E-state index in [9.17, 15) is 5.11 Å². The molecule has 1 saturated heterocycles. The zero-order chi connectivity index (χ0) is 18.5. The number of ether oxygens (including phenoxy) is 1. The molecule has 0 radical (unpaired) electrons. The number of halogens is 2. The van der Waals surface area contributed by atoms with Crippen molar-refractivity contribution in [1.29, 1.82) is 0 Å². The van der Waals surface area contributed by atoms with Gasteiger partial charge in [-0.3, -0.25) is 0 Å². The minimum absolute atomic E-state index is 0. The van der Waals surface area contributed by atoms with Crippen LogP contribution in [0.15, 0.2) is 67.0 Å². The first-order valence-corrected chi connectivity index (χ1v) is 9.50. The maximum atomic E-state index is 10.3. The van der Waals surface area contributed by atoms with Crippen LogP contribution in [-0.2, 0) is 6.42 Å². The number of hydrogen-bond donors (Lipinski definition) is 2. The number of imidazole rings is 1. The molecular formula is C22H27Cl2N3O2. The standard InChI is InChI=1S/C22H25N3O2.2ClH/c26-21-16-23-12-10-20(21)25-14-13-24-22(25)18-6-8-19(9-7-18)27-15-11-17-4-2-1-3-5-17;;/h1-9,13-14,20-21,23,26H,10-12,15-16H2;2*1H/t20-,21-;;/m0../s1. The molecule has 0 amide bonds. The molecule has 1 aliphatic rings. The van der Waals surface area contributed by atoms with Gasteiger partial charge in [-0.2, -0.15) is 0 Å². The van der Waals surface area contributed by atoms with Gasteiger partial charge in [0, 0.05) is 30.9 Å². The fraction of sp³-hybridized carbons (Fsp3) is 0.318. The van der Waals surface area contributed by atoms with Gasteiger partial charge < -0.3 is 19.7 Å². The molecule has 2 aromatic carbocycles. The first-order valence-electron chi connectivity index (χ1n) is 9.50. The molecule has 156 valence electrons. The quantitative estimate of drug-likeness (QED) is 0.615. The van der Waals surface area contributed by atoms with Gasteiger partial charge in [-0.15, -0.1) is 24.8 Å².